The fourth-order valence-corrected chi connectivity index (χ4v) is 2.25. The molecule has 1 unspecified atom stereocenters. The van der Waals surface area contributed by atoms with Gasteiger partial charge in [-0.3, -0.25) is 10.1 Å². The highest BCUT2D eigenvalue weighted by atomic mass is 16.6. The van der Waals surface area contributed by atoms with Crippen LogP contribution in [0.2, 0.25) is 0 Å². The van der Waals surface area contributed by atoms with Crippen molar-refractivity contribution in [3.8, 4) is 0 Å². The van der Waals surface area contributed by atoms with E-state index in [1.807, 2.05) is 0 Å². The Kier molecular flexibility index (Phi) is 4.19. The van der Waals surface area contributed by atoms with Gasteiger partial charge in [-0.15, -0.1) is 0 Å². The van der Waals surface area contributed by atoms with Gasteiger partial charge in [0.1, 0.15) is 5.82 Å². The van der Waals surface area contributed by atoms with Crippen molar-refractivity contribution in [2.75, 3.05) is 6.54 Å². The minimum Gasteiger partial charge on any atom is -0.362 e. The summed E-state index contributed by atoms with van der Waals surface area (Å²) in [5.41, 5.74) is 0.603. The summed E-state index contributed by atoms with van der Waals surface area (Å²) in [5, 5.41) is 10.7. The van der Waals surface area contributed by atoms with Crippen molar-refractivity contribution in [1.29, 1.82) is 0 Å². The fraction of sp³-hybridized carbons (Fsp3) is 0.667. The van der Waals surface area contributed by atoms with Crippen LogP contribution >= 0.6 is 0 Å². The van der Waals surface area contributed by atoms with E-state index in [1.165, 1.54) is 0 Å². The summed E-state index contributed by atoms with van der Waals surface area (Å²) in [6, 6.07) is 1.69. The SMILES string of the molecule is Cc1nccc(C(C[N+](=O)[O-])OC2CCCC2)n1. The molecule has 1 aromatic heterocycles. The molecule has 1 atom stereocenters. The molecule has 0 radical (unpaired) electrons. The van der Waals surface area contributed by atoms with Crippen molar-refractivity contribution in [2.24, 2.45) is 0 Å². The van der Waals surface area contributed by atoms with Crippen LogP contribution in [0, 0.1) is 17.0 Å². The number of hydrogen-bond donors (Lipinski definition) is 0. The number of ether oxygens (including phenoxy) is 1. The van der Waals surface area contributed by atoms with E-state index >= 15 is 0 Å². The average molecular weight is 251 g/mol. The summed E-state index contributed by atoms with van der Waals surface area (Å²) in [7, 11) is 0. The summed E-state index contributed by atoms with van der Waals surface area (Å²) >= 11 is 0. The molecular formula is C12H17N3O3. The van der Waals surface area contributed by atoms with Crippen molar-refractivity contribution in [1.82, 2.24) is 9.97 Å². The maximum atomic E-state index is 10.7. The van der Waals surface area contributed by atoms with Crippen molar-refractivity contribution < 1.29 is 9.66 Å². The lowest BCUT2D eigenvalue weighted by Crippen LogP contribution is -2.22. The number of rotatable bonds is 5. The Bertz CT molecular complexity index is 419. The zero-order chi connectivity index (χ0) is 13.0. The van der Waals surface area contributed by atoms with E-state index in [2.05, 4.69) is 9.97 Å². The minimum atomic E-state index is -0.565. The van der Waals surface area contributed by atoms with Crippen LogP contribution in [-0.4, -0.2) is 27.5 Å². The fourth-order valence-electron chi connectivity index (χ4n) is 2.25. The quantitative estimate of drug-likeness (QED) is 0.591. The van der Waals surface area contributed by atoms with Crippen LogP contribution in [0.25, 0.3) is 0 Å². The largest absolute Gasteiger partial charge is 0.362 e. The molecule has 98 valence electrons. The molecule has 1 aliphatic rings. The summed E-state index contributed by atoms with van der Waals surface area (Å²) in [4.78, 5) is 18.6. The summed E-state index contributed by atoms with van der Waals surface area (Å²) < 4.78 is 5.83. The highest BCUT2D eigenvalue weighted by Gasteiger charge is 2.26. The number of aryl methyl sites for hydroxylation is 1. The van der Waals surface area contributed by atoms with E-state index in [0.29, 0.717) is 11.5 Å². The maximum Gasteiger partial charge on any atom is 0.235 e. The molecular weight excluding hydrogens is 234 g/mol. The smallest absolute Gasteiger partial charge is 0.235 e. The third-order valence-electron chi connectivity index (χ3n) is 3.10. The van der Waals surface area contributed by atoms with Crippen LogP contribution in [0.1, 0.15) is 43.3 Å². The molecule has 1 saturated carbocycles. The molecule has 0 aliphatic heterocycles. The topological polar surface area (TPSA) is 78.2 Å². The first-order valence-electron chi connectivity index (χ1n) is 6.22. The predicted octanol–water partition coefficient (Wildman–Crippen LogP) is 2.06. The van der Waals surface area contributed by atoms with Gasteiger partial charge in [-0.2, -0.15) is 0 Å². The molecule has 0 spiro atoms. The van der Waals surface area contributed by atoms with Crippen LogP contribution in [0.3, 0.4) is 0 Å². The van der Waals surface area contributed by atoms with Crippen LogP contribution in [0.4, 0.5) is 0 Å². The molecule has 1 fully saturated rings. The molecule has 0 amide bonds. The highest BCUT2D eigenvalue weighted by molar-refractivity contribution is 5.05. The molecule has 18 heavy (non-hydrogen) atoms. The second-order valence-electron chi connectivity index (χ2n) is 4.58. The Morgan fingerprint density at radius 3 is 2.89 bits per heavy atom. The van der Waals surface area contributed by atoms with Gasteiger partial charge >= 0.3 is 0 Å². The van der Waals surface area contributed by atoms with Crippen molar-refractivity contribution in [3.63, 3.8) is 0 Å². The number of hydrogen-bond acceptors (Lipinski definition) is 5. The Hall–Kier alpha value is -1.56. The molecule has 1 aromatic rings. The van der Waals surface area contributed by atoms with E-state index in [-0.39, 0.29) is 17.6 Å². The Morgan fingerprint density at radius 2 is 2.28 bits per heavy atom. The summed E-state index contributed by atoms with van der Waals surface area (Å²) in [6.07, 6.45) is 5.42. The van der Waals surface area contributed by atoms with E-state index < -0.39 is 6.10 Å². The van der Waals surface area contributed by atoms with E-state index in [9.17, 15) is 10.1 Å². The lowest BCUT2D eigenvalue weighted by atomic mass is 10.2. The molecule has 1 aliphatic carbocycles. The lowest BCUT2D eigenvalue weighted by molar-refractivity contribution is -0.494. The zero-order valence-corrected chi connectivity index (χ0v) is 10.4. The minimum absolute atomic E-state index is 0.130. The van der Waals surface area contributed by atoms with Gasteiger partial charge in [0.05, 0.1) is 11.8 Å². The van der Waals surface area contributed by atoms with E-state index in [4.69, 9.17) is 4.74 Å². The van der Waals surface area contributed by atoms with Crippen molar-refractivity contribution in [3.05, 3.63) is 33.9 Å². The lowest BCUT2D eigenvalue weighted by Gasteiger charge is -2.18. The van der Waals surface area contributed by atoms with Gasteiger partial charge in [-0.25, -0.2) is 9.97 Å². The van der Waals surface area contributed by atoms with Crippen LogP contribution < -0.4 is 0 Å². The third kappa shape index (κ3) is 3.46. The standard InChI is InChI=1S/C12H17N3O3/c1-9-13-7-6-11(14-9)12(8-15(16)17)18-10-4-2-3-5-10/h6-7,10,12H,2-5,8H2,1H3. The highest BCUT2D eigenvalue weighted by Crippen LogP contribution is 2.27. The molecule has 2 rings (SSSR count). The molecule has 6 heteroatoms. The van der Waals surface area contributed by atoms with Gasteiger partial charge < -0.3 is 4.74 Å². The molecule has 1 heterocycles. The van der Waals surface area contributed by atoms with Crippen LogP contribution in [0.15, 0.2) is 12.3 Å². The normalized spacial score (nSPS) is 17.8. The second-order valence-corrected chi connectivity index (χ2v) is 4.58. The van der Waals surface area contributed by atoms with Crippen LogP contribution in [-0.2, 0) is 4.74 Å². The van der Waals surface area contributed by atoms with Gasteiger partial charge in [0, 0.05) is 11.1 Å². The molecule has 0 saturated heterocycles. The monoisotopic (exact) mass is 251 g/mol. The first-order valence-corrected chi connectivity index (χ1v) is 6.22. The molecule has 6 nitrogen and oxygen atoms in total. The Morgan fingerprint density at radius 1 is 1.56 bits per heavy atom. The van der Waals surface area contributed by atoms with E-state index in [1.54, 1.807) is 19.2 Å². The second kappa shape index (κ2) is 5.86. The van der Waals surface area contributed by atoms with Gasteiger partial charge in [0.15, 0.2) is 6.10 Å². The summed E-state index contributed by atoms with van der Waals surface area (Å²) in [5.74, 6) is 0.607. The number of nitro groups is 1. The molecule has 0 aromatic carbocycles. The Balaban J connectivity index is 2.10. The predicted molar refractivity (Wildman–Crippen MR) is 64.7 cm³/mol. The average Bonchev–Trinajstić information content (AvgIpc) is 2.80. The van der Waals surface area contributed by atoms with Gasteiger partial charge in [0.25, 0.3) is 0 Å². The molecule has 0 bridgehead atoms. The van der Waals surface area contributed by atoms with Crippen molar-refractivity contribution in [2.45, 2.75) is 44.8 Å². The van der Waals surface area contributed by atoms with Crippen LogP contribution in [0.5, 0.6) is 0 Å². The maximum absolute atomic E-state index is 10.7. The van der Waals surface area contributed by atoms with Gasteiger partial charge in [-0.05, 0) is 25.8 Å². The Labute approximate surface area is 106 Å². The zero-order valence-electron chi connectivity index (χ0n) is 10.4. The number of nitrogens with zero attached hydrogens (tertiary/aromatic N) is 3. The van der Waals surface area contributed by atoms with E-state index in [0.717, 1.165) is 25.7 Å². The molecule has 0 N–H and O–H groups in total. The van der Waals surface area contributed by atoms with Gasteiger partial charge in [0.2, 0.25) is 6.54 Å². The van der Waals surface area contributed by atoms with Gasteiger partial charge in [-0.1, -0.05) is 12.8 Å². The summed E-state index contributed by atoms with van der Waals surface area (Å²) in [6.45, 7) is 1.52. The third-order valence-corrected chi connectivity index (χ3v) is 3.10. The first kappa shape index (κ1) is 12.9. The first-order chi connectivity index (χ1) is 8.65. The number of aromatic nitrogens is 2. The van der Waals surface area contributed by atoms with Crippen molar-refractivity contribution >= 4 is 0 Å².